The first-order valence-corrected chi connectivity index (χ1v) is 5.83. The van der Waals surface area contributed by atoms with Crippen molar-refractivity contribution in [3.8, 4) is 0 Å². The number of imidazole rings is 1. The highest BCUT2D eigenvalue weighted by molar-refractivity contribution is 5.67. The molecule has 0 atom stereocenters. The molecular formula is C10H14N4O5. The highest BCUT2D eigenvalue weighted by Crippen LogP contribution is 2.07. The van der Waals surface area contributed by atoms with Gasteiger partial charge in [0.25, 0.3) is 0 Å². The molecule has 104 valence electrons. The highest BCUT2D eigenvalue weighted by Gasteiger charge is 2.19. The summed E-state index contributed by atoms with van der Waals surface area (Å²) >= 11 is 0. The van der Waals surface area contributed by atoms with Crippen LogP contribution in [0.1, 0.15) is 0 Å². The summed E-state index contributed by atoms with van der Waals surface area (Å²) in [6.07, 6.45) is 2.38. The molecule has 0 unspecified atom stereocenters. The summed E-state index contributed by atoms with van der Waals surface area (Å²) in [4.78, 5) is 26.8. The Hall–Kier alpha value is -2.16. The molecule has 0 saturated carbocycles. The monoisotopic (exact) mass is 270 g/mol. The van der Waals surface area contributed by atoms with Gasteiger partial charge in [-0.25, -0.2) is 9.36 Å². The first kappa shape index (κ1) is 13.3. The first-order valence-electron chi connectivity index (χ1n) is 5.83. The van der Waals surface area contributed by atoms with E-state index in [0.29, 0.717) is 26.3 Å². The topological polar surface area (TPSA) is 99.7 Å². The van der Waals surface area contributed by atoms with E-state index in [0.717, 1.165) is 0 Å². The van der Waals surface area contributed by atoms with Gasteiger partial charge in [-0.1, -0.05) is 4.98 Å². The van der Waals surface area contributed by atoms with E-state index >= 15 is 0 Å². The SMILES string of the molecule is O=C(OCCn1ccnc1[N+](=O)[O-])N1CCOCC1. The van der Waals surface area contributed by atoms with Gasteiger partial charge in [0.2, 0.25) is 0 Å². The summed E-state index contributed by atoms with van der Waals surface area (Å²) in [5, 5.41) is 10.6. The highest BCUT2D eigenvalue weighted by atomic mass is 16.6. The number of morpholine rings is 1. The molecule has 0 bridgehead atoms. The Morgan fingerprint density at radius 2 is 2.26 bits per heavy atom. The largest absolute Gasteiger partial charge is 0.446 e. The van der Waals surface area contributed by atoms with Crippen LogP contribution >= 0.6 is 0 Å². The Balaban J connectivity index is 1.78. The average Bonchev–Trinajstić information content (AvgIpc) is 2.88. The molecular weight excluding hydrogens is 256 g/mol. The fraction of sp³-hybridized carbons (Fsp3) is 0.600. The van der Waals surface area contributed by atoms with E-state index in [-0.39, 0.29) is 19.1 Å². The van der Waals surface area contributed by atoms with Gasteiger partial charge in [-0.05, 0) is 4.92 Å². The number of carbonyl (C=O) groups is 1. The third-order valence-electron chi connectivity index (χ3n) is 2.68. The Morgan fingerprint density at radius 1 is 1.53 bits per heavy atom. The smallest absolute Gasteiger partial charge is 0.434 e. The van der Waals surface area contributed by atoms with E-state index in [9.17, 15) is 14.9 Å². The first-order chi connectivity index (χ1) is 9.18. The number of carbonyl (C=O) groups excluding carboxylic acids is 1. The molecule has 1 aromatic heterocycles. The van der Waals surface area contributed by atoms with Crippen molar-refractivity contribution in [3.05, 3.63) is 22.5 Å². The standard InChI is InChI=1S/C10H14N4O5/c15-10(13-3-6-18-7-4-13)19-8-5-12-2-1-11-9(12)14(16)17/h1-2H,3-8H2. The molecule has 0 aliphatic carbocycles. The fourth-order valence-electron chi connectivity index (χ4n) is 1.72. The Kier molecular flexibility index (Phi) is 4.29. The molecule has 1 aliphatic rings. The quantitative estimate of drug-likeness (QED) is 0.574. The second kappa shape index (κ2) is 6.14. The van der Waals surface area contributed by atoms with Crippen molar-refractivity contribution in [3.63, 3.8) is 0 Å². The lowest BCUT2D eigenvalue weighted by molar-refractivity contribution is -0.396. The third-order valence-corrected chi connectivity index (χ3v) is 2.68. The zero-order chi connectivity index (χ0) is 13.7. The summed E-state index contributed by atoms with van der Waals surface area (Å²) in [6.45, 7) is 2.28. The van der Waals surface area contributed by atoms with Crippen molar-refractivity contribution in [2.75, 3.05) is 32.9 Å². The molecule has 1 fully saturated rings. The van der Waals surface area contributed by atoms with Gasteiger partial charge in [-0.3, -0.25) is 0 Å². The predicted molar refractivity (Wildman–Crippen MR) is 62.6 cm³/mol. The zero-order valence-electron chi connectivity index (χ0n) is 10.2. The van der Waals surface area contributed by atoms with E-state index in [1.54, 1.807) is 4.90 Å². The lowest BCUT2D eigenvalue weighted by Gasteiger charge is -2.25. The number of amides is 1. The number of nitro groups is 1. The van der Waals surface area contributed by atoms with Gasteiger partial charge in [0.15, 0.2) is 0 Å². The maximum Gasteiger partial charge on any atom is 0.434 e. The van der Waals surface area contributed by atoms with Crippen LogP contribution in [0.2, 0.25) is 0 Å². The van der Waals surface area contributed by atoms with Crippen LogP contribution in [0.5, 0.6) is 0 Å². The minimum atomic E-state index is -0.580. The summed E-state index contributed by atoms with van der Waals surface area (Å²) in [6, 6.07) is 0. The molecule has 19 heavy (non-hydrogen) atoms. The van der Waals surface area contributed by atoms with Gasteiger partial charge in [0, 0.05) is 13.1 Å². The lowest BCUT2D eigenvalue weighted by atomic mass is 10.5. The number of ether oxygens (including phenoxy) is 2. The maximum absolute atomic E-state index is 11.6. The van der Waals surface area contributed by atoms with Gasteiger partial charge in [0.1, 0.15) is 25.5 Å². The van der Waals surface area contributed by atoms with Crippen LogP contribution in [-0.4, -0.2) is 58.4 Å². The van der Waals surface area contributed by atoms with Crippen LogP contribution in [0, 0.1) is 10.1 Å². The van der Waals surface area contributed by atoms with Crippen molar-refractivity contribution in [2.45, 2.75) is 6.54 Å². The van der Waals surface area contributed by atoms with E-state index in [2.05, 4.69) is 4.98 Å². The molecule has 2 rings (SSSR count). The maximum atomic E-state index is 11.6. The van der Waals surface area contributed by atoms with E-state index in [4.69, 9.17) is 9.47 Å². The number of hydrogen-bond donors (Lipinski definition) is 0. The van der Waals surface area contributed by atoms with Gasteiger partial charge in [-0.2, -0.15) is 0 Å². The minimum Gasteiger partial charge on any atom is -0.446 e. The summed E-state index contributed by atoms with van der Waals surface area (Å²) in [5.41, 5.74) is 0. The molecule has 1 saturated heterocycles. The molecule has 0 spiro atoms. The second-order valence-electron chi connectivity index (χ2n) is 3.89. The van der Waals surface area contributed by atoms with Gasteiger partial charge in [0.05, 0.1) is 13.2 Å². The molecule has 0 aromatic carbocycles. The minimum absolute atomic E-state index is 0.0629. The Bertz CT molecular complexity index is 455. The van der Waals surface area contributed by atoms with Crippen LogP contribution in [0.3, 0.4) is 0 Å². The fourth-order valence-corrected chi connectivity index (χ4v) is 1.72. The summed E-state index contributed by atoms with van der Waals surface area (Å²) < 4.78 is 11.5. The van der Waals surface area contributed by atoms with Gasteiger partial charge in [-0.15, -0.1) is 0 Å². The molecule has 2 heterocycles. The summed E-state index contributed by atoms with van der Waals surface area (Å²) in [7, 11) is 0. The van der Waals surface area contributed by atoms with E-state index in [1.165, 1.54) is 17.0 Å². The zero-order valence-corrected chi connectivity index (χ0v) is 10.2. The van der Waals surface area contributed by atoms with Gasteiger partial charge >= 0.3 is 12.0 Å². The molecule has 0 N–H and O–H groups in total. The molecule has 1 aliphatic heterocycles. The van der Waals surface area contributed by atoms with Crippen LogP contribution in [0.4, 0.5) is 10.7 Å². The Labute approximate surface area is 108 Å². The van der Waals surface area contributed by atoms with Crippen LogP contribution in [-0.2, 0) is 16.0 Å². The van der Waals surface area contributed by atoms with E-state index < -0.39 is 11.0 Å². The average molecular weight is 270 g/mol. The van der Waals surface area contributed by atoms with Crippen molar-refractivity contribution >= 4 is 12.0 Å². The van der Waals surface area contributed by atoms with Crippen molar-refractivity contribution in [1.82, 2.24) is 14.5 Å². The molecule has 0 radical (unpaired) electrons. The third kappa shape index (κ3) is 3.41. The second-order valence-corrected chi connectivity index (χ2v) is 3.89. The number of rotatable bonds is 4. The van der Waals surface area contributed by atoms with Gasteiger partial charge < -0.3 is 24.5 Å². The molecule has 1 aromatic rings. The predicted octanol–water partition coefficient (Wildman–Crippen LogP) is 0.260. The van der Waals surface area contributed by atoms with Crippen LogP contribution in [0.25, 0.3) is 0 Å². The van der Waals surface area contributed by atoms with Crippen LogP contribution < -0.4 is 0 Å². The molecule has 9 nitrogen and oxygen atoms in total. The number of hydrogen-bond acceptors (Lipinski definition) is 6. The van der Waals surface area contributed by atoms with Crippen molar-refractivity contribution in [2.24, 2.45) is 0 Å². The van der Waals surface area contributed by atoms with Crippen molar-refractivity contribution in [1.29, 1.82) is 0 Å². The van der Waals surface area contributed by atoms with E-state index in [1.807, 2.05) is 0 Å². The lowest BCUT2D eigenvalue weighted by Crippen LogP contribution is -2.41. The number of aromatic nitrogens is 2. The molecule has 9 heteroatoms. The summed E-state index contributed by atoms with van der Waals surface area (Å²) in [5.74, 6) is -0.262. The molecule has 1 amide bonds. The van der Waals surface area contributed by atoms with Crippen LogP contribution in [0.15, 0.2) is 12.4 Å². The van der Waals surface area contributed by atoms with Crippen molar-refractivity contribution < 1.29 is 19.2 Å². The Morgan fingerprint density at radius 3 is 2.95 bits per heavy atom. The number of nitrogens with zero attached hydrogens (tertiary/aromatic N) is 4. The normalized spacial score (nSPS) is 15.3.